The number of aliphatic imine (C=N–C) groups is 1. The molecule has 2 rings (SSSR count). The molecule has 0 aromatic carbocycles. The monoisotopic (exact) mass is 342 g/mol. The highest BCUT2D eigenvalue weighted by atomic mass is 16.4. The first-order valence-corrected chi connectivity index (χ1v) is 8.73. The van der Waals surface area contributed by atoms with Crippen molar-refractivity contribution < 1.29 is 4.42 Å². The molecule has 0 atom stereocenters. The number of likely N-dealkylation sites (N-methyl/N-ethyl adjacent to an activating group) is 1. The standard InChI is InChI=1S/C18H26N6O/c1-4-23(5-2)14-16-6-7-17(25-16)22(3)10-11-24-9-8-21-18(24)15(12-19)13-20/h6-7,15H,4-5,8-11,14H2,1-3H3. The molecule has 0 N–H and O–H groups in total. The molecule has 0 bridgehead atoms. The lowest BCUT2D eigenvalue weighted by molar-refractivity contribution is 0.269. The molecule has 0 radical (unpaired) electrons. The number of furan rings is 1. The van der Waals surface area contributed by atoms with Gasteiger partial charge in [-0.3, -0.25) is 9.89 Å². The lowest BCUT2D eigenvalue weighted by atomic mass is 10.1. The molecule has 0 amide bonds. The van der Waals surface area contributed by atoms with Crippen LogP contribution in [0.5, 0.6) is 0 Å². The van der Waals surface area contributed by atoms with Crippen LogP contribution in [0.4, 0.5) is 5.88 Å². The summed E-state index contributed by atoms with van der Waals surface area (Å²) in [4.78, 5) is 10.7. The van der Waals surface area contributed by atoms with Crippen LogP contribution in [0, 0.1) is 28.6 Å². The van der Waals surface area contributed by atoms with Crippen LogP contribution in [-0.2, 0) is 6.54 Å². The average Bonchev–Trinajstić information content (AvgIpc) is 3.28. The lowest BCUT2D eigenvalue weighted by Gasteiger charge is -2.24. The molecule has 1 aliphatic heterocycles. The van der Waals surface area contributed by atoms with Crippen molar-refractivity contribution in [2.75, 3.05) is 51.2 Å². The van der Waals surface area contributed by atoms with Gasteiger partial charge in [0.05, 0.1) is 25.2 Å². The molecule has 25 heavy (non-hydrogen) atoms. The Morgan fingerprint density at radius 3 is 2.64 bits per heavy atom. The first-order valence-electron chi connectivity index (χ1n) is 8.73. The van der Waals surface area contributed by atoms with Crippen molar-refractivity contribution in [3.8, 4) is 12.1 Å². The summed E-state index contributed by atoms with van der Waals surface area (Å²) in [5.74, 6) is 1.61. The molecule has 7 heteroatoms. The molecule has 1 aliphatic rings. The minimum Gasteiger partial charge on any atom is -0.444 e. The SMILES string of the molecule is CCN(CC)Cc1ccc(N(C)CCN2CCN=C2C(C#N)C#N)o1. The molecule has 0 saturated heterocycles. The summed E-state index contributed by atoms with van der Waals surface area (Å²) >= 11 is 0. The van der Waals surface area contributed by atoms with Crippen LogP contribution in [0.25, 0.3) is 0 Å². The Kier molecular flexibility index (Phi) is 6.85. The van der Waals surface area contributed by atoms with Crippen molar-refractivity contribution in [2.24, 2.45) is 10.9 Å². The highest BCUT2D eigenvalue weighted by Gasteiger charge is 2.25. The van der Waals surface area contributed by atoms with Crippen molar-refractivity contribution in [3.05, 3.63) is 17.9 Å². The highest BCUT2D eigenvalue weighted by Crippen LogP contribution is 2.19. The summed E-state index contributed by atoms with van der Waals surface area (Å²) < 4.78 is 5.94. The van der Waals surface area contributed by atoms with Gasteiger partial charge in [0.1, 0.15) is 11.6 Å². The Balaban J connectivity index is 1.90. The predicted octanol–water partition coefficient (Wildman–Crippen LogP) is 1.94. The van der Waals surface area contributed by atoms with E-state index in [-0.39, 0.29) is 0 Å². The van der Waals surface area contributed by atoms with E-state index in [9.17, 15) is 0 Å². The summed E-state index contributed by atoms with van der Waals surface area (Å²) in [6.07, 6.45) is 0. The summed E-state index contributed by atoms with van der Waals surface area (Å²) in [5, 5.41) is 18.1. The quantitative estimate of drug-likeness (QED) is 0.682. The highest BCUT2D eigenvalue weighted by molar-refractivity contribution is 5.90. The number of amidine groups is 1. The van der Waals surface area contributed by atoms with Gasteiger partial charge in [-0.2, -0.15) is 10.5 Å². The van der Waals surface area contributed by atoms with E-state index in [4.69, 9.17) is 14.9 Å². The van der Waals surface area contributed by atoms with E-state index in [1.165, 1.54) is 0 Å². The van der Waals surface area contributed by atoms with Gasteiger partial charge in [0.25, 0.3) is 0 Å². The Morgan fingerprint density at radius 2 is 2.00 bits per heavy atom. The fourth-order valence-corrected chi connectivity index (χ4v) is 2.85. The van der Waals surface area contributed by atoms with E-state index < -0.39 is 5.92 Å². The molecule has 0 saturated carbocycles. The second-order valence-corrected chi connectivity index (χ2v) is 6.04. The molecular weight excluding hydrogens is 316 g/mol. The molecule has 0 fully saturated rings. The summed E-state index contributed by atoms with van der Waals surface area (Å²) in [5.41, 5.74) is 0. The average molecular weight is 342 g/mol. The number of rotatable bonds is 9. The van der Waals surface area contributed by atoms with Gasteiger partial charge in [-0.15, -0.1) is 0 Å². The van der Waals surface area contributed by atoms with Crippen LogP contribution in [-0.4, -0.2) is 62.0 Å². The smallest absolute Gasteiger partial charge is 0.195 e. The number of anilines is 1. The van der Waals surface area contributed by atoms with E-state index in [2.05, 4.69) is 28.6 Å². The van der Waals surface area contributed by atoms with Gasteiger partial charge in [-0.1, -0.05) is 13.8 Å². The third-order valence-corrected chi connectivity index (χ3v) is 4.49. The minimum atomic E-state index is -0.780. The Morgan fingerprint density at radius 1 is 1.28 bits per heavy atom. The molecule has 0 aliphatic carbocycles. The Bertz CT molecular complexity index is 650. The summed E-state index contributed by atoms with van der Waals surface area (Å²) in [6, 6.07) is 8.02. The Hall–Kier alpha value is -2.51. The maximum absolute atomic E-state index is 9.07. The van der Waals surface area contributed by atoms with Crippen molar-refractivity contribution in [1.29, 1.82) is 10.5 Å². The Labute approximate surface area is 149 Å². The first-order chi connectivity index (χ1) is 12.1. The lowest BCUT2D eigenvalue weighted by Crippen LogP contribution is -2.38. The second-order valence-electron chi connectivity index (χ2n) is 6.04. The number of nitriles is 2. The van der Waals surface area contributed by atoms with Gasteiger partial charge in [-0.05, 0) is 19.2 Å². The van der Waals surface area contributed by atoms with Gasteiger partial charge in [0.15, 0.2) is 11.8 Å². The summed E-state index contributed by atoms with van der Waals surface area (Å²) in [6.45, 7) is 9.95. The van der Waals surface area contributed by atoms with Crippen LogP contribution in [0.1, 0.15) is 19.6 Å². The molecule has 0 spiro atoms. The molecule has 7 nitrogen and oxygen atoms in total. The van der Waals surface area contributed by atoms with Gasteiger partial charge < -0.3 is 14.2 Å². The van der Waals surface area contributed by atoms with Crippen molar-refractivity contribution >= 4 is 11.7 Å². The number of hydrogen-bond donors (Lipinski definition) is 0. The van der Waals surface area contributed by atoms with E-state index >= 15 is 0 Å². The predicted molar refractivity (Wildman–Crippen MR) is 97.2 cm³/mol. The second kappa shape index (κ2) is 9.10. The normalized spacial score (nSPS) is 13.9. The van der Waals surface area contributed by atoms with E-state index in [0.29, 0.717) is 18.9 Å². The van der Waals surface area contributed by atoms with Gasteiger partial charge in [-0.25, -0.2) is 0 Å². The molecule has 1 aromatic rings. The summed E-state index contributed by atoms with van der Waals surface area (Å²) in [7, 11) is 1.99. The number of hydrogen-bond acceptors (Lipinski definition) is 7. The third kappa shape index (κ3) is 4.74. The topological polar surface area (TPSA) is 82.8 Å². The molecule has 2 heterocycles. The number of nitrogens with zero attached hydrogens (tertiary/aromatic N) is 6. The van der Waals surface area contributed by atoms with Gasteiger partial charge in [0, 0.05) is 32.7 Å². The maximum Gasteiger partial charge on any atom is 0.195 e. The zero-order chi connectivity index (χ0) is 18.2. The fourth-order valence-electron chi connectivity index (χ4n) is 2.85. The van der Waals surface area contributed by atoms with Gasteiger partial charge in [0.2, 0.25) is 0 Å². The fraction of sp³-hybridized carbons (Fsp3) is 0.611. The van der Waals surface area contributed by atoms with Crippen LogP contribution in [0.3, 0.4) is 0 Å². The van der Waals surface area contributed by atoms with Crippen LogP contribution in [0.15, 0.2) is 21.5 Å². The molecule has 0 unspecified atom stereocenters. The molecular formula is C18H26N6O. The van der Waals surface area contributed by atoms with Gasteiger partial charge >= 0.3 is 0 Å². The van der Waals surface area contributed by atoms with Crippen LogP contribution >= 0.6 is 0 Å². The van der Waals surface area contributed by atoms with Crippen molar-refractivity contribution in [2.45, 2.75) is 20.4 Å². The first kappa shape index (κ1) is 18.8. The van der Waals surface area contributed by atoms with Crippen molar-refractivity contribution in [3.63, 3.8) is 0 Å². The third-order valence-electron chi connectivity index (χ3n) is 4.49. The van der Waals surface area contributed by atoms with E-state index in [1.54, 1.807) is 0 Å². The van der Waals surface area contributed by atoms with E-state index in [1.807, 2.05) is 36.2 Å². The van der Waals surface area contributed by atoms with E-state index in [0.717, 1.165) is 44.4 Å². The van der Waals surface area contributed by atoms with Crippen LogP contribution in [0.2, 0.25) is 0 Å². The van der Waals surface area contributed by atoms with Crippen molar-refractivity contribution in [1.82, 2.24) is 9.80 Å². The molecule has 134 valence electrons. The zero-order valence-electron chi connectivity index (χ0n) is 15.3. The largest absolute Gasteiger partial charge is 0.444 e. The van der Waals surface area contributed by atoms with Crippen LogP contribution < -0.4 is 4.90 Å². The zero-order valence-corrected chi connectivity index (χ0v) is 15.3. The minimum absolute atomic E-state index is 0.597. The maximum atomic E-state index is 9.07. The molecule has 1 aromatic heterocycles.